The number of nitrogens with two attached hydrogens (primary N) is 1. The van der Waals surface area contributed by atoms with Crippen LogP contribution >= 0.6 is 0 Å². The number of ether oxygens (including phenoxy) is 1. The summed E-state index contributed by atoms with van der Waals surface area (Å²) in [5.74, 6) is 0.228. The lowest BCUT2D eigenvalue weighted by atomic mass is 9.96. The predicted octanol–water partition coefficient (Wildman–Crippen LogP) is 1.12. The molecule has 0 bridgehead atoms. The van der Waals surface area contributed by atoms with Gasteiger partial charge in [-0.3, -0.25) is 9.69 Å². The Balaban J connectivity index is 1.89. The molecule has 0 spiro atoms. The zero-order chi connectivity index (χ0) is 15.8. The summed E-state index contributed by atoms with van der Waals surface area (Å²) in [5.41, 5.74) is 7.90. The molecule has 0 aliphatic carbocycles. The van der Waals surface area contributed by atoms with Gasteiger partial charge in [0, 0.05) is 33.3 Å². The van der Waals surface area contributed by atoms with Crippen LogP contribution in [0.2, 0.25) is 0 Å². The Bertz CT molecular complexity index is 479. The van der Waals surface area contributed by atoms with Crippen LogP contribution in [-0.4, -0.2) is 44.1 Å². The Kier molecular flexibility index (Phi) is 6.83. The van der Waals surface area contributed by atoms with Crippen LogP contribution < -0.4 is 11.1 Å². The molecule has 0 saturated carbocycles. The number of methoxy groups -OCH3 is 1. The highest BCUT2D eigenvalue weighted by molar-refractivity contribution is 5.78. The van der Waals surface area contributed by atoms with E-state index in [1.807, 2.05) is 0 Å². The average Bonchev–Trinajstić information content (AvgIpc) is 2.53. The number of carbonyl (C=O) groups is 1. The molecule has 22 heavy (non-hydrogen) atoms. The second-order valence-corrected chi connectivity index (χ2v) is 5.91. The molecular formula is C17H27N3O2. The third-order valence-corrected chi connectivity index (χ3v) is 4.03. The average molecular weight is 305 g/mol. The smallest absolute Gasteiger partial charge is 0.224 e. The number of rotatable bonds is 7. The summed E-state index contributed by atoms with van der Waals surface area (Å²) in [6.07, 6.45) is 2.04. The lowest BCUT2D eigenvalue weighted by Crippen LogP contribution is -2.43. The third-order valence-electron chi connectivity index (χ3n) is 4.03. The normalized spacial score (nSPS) is 19.1. The van der Waals surface area contributed by atoms with Crippen molar-refractivity contribution in [2.75, 3.05) is 33.3 Å². The first kappa shape index (κ1) is 16.9. The fourth-order valence-corrected chi connectivity index (χ4v) is 3.00. The Hall–Kier alpha value is -1.43. The van der Waals surface area contributed by atoms with Gasteiger partial charge in [0.25, 0.3) is 0 Å². The summed E-state index contributed by atoms with van der Waals surface area (Å²) in [7, 11) is 1.71. The number of nitrogens with zero attached hydrogens (tertiary/aromatic N) is 1. The number of piperidine rings is 1. The van der Waals surface area contributed by atoms with Crippen molar-refractivity contribution in [3.05, 3.63) is 35.4 Å². The number of likely N-dealkylation sites (tertiary alicyclic amines) is 1. The number of amides is 1. The van der Waals surface area contributed by atoms with Gasteiger partial charge in [0.05, 0.1) is 12.5 Å². The third kappa shape index (κ3) is 5.09. The zero-order valence-corrected chi connectivity index (χ0v) is 13.4. The molecule has 1 saturated heterocycles. The van der Waals surface area contributed by atoms with E-state index in [0.717, 1.165) is 32.5 Å². The molecular weight excluding hydrogens is 278 g/mol. The maximum absolute atomic E-state index is 12.1. The lowest BCUT2D eigenvalue weighted by Gasteiger charge is -2.32. The number of carbonyl (C=O) groups excluding carboxylic acids is 1. The zero-order valence-electron chi connectivity index (χ0n) is 13.4. The first-order valence-corrected chi connectivity index (χ1v) is 8.00. The molecule has 1 aliphatic rings. The van der Waals surface area contributed by atoms with Gasteiger partial charge >= 0.3 is 0 Å². The van der Waals surface area contributed by atoms with E-state index < -0.39 is 0 Å². The largest absolute Gasteiger partial charge is 0.380 e. The van der Waals surface area contributed by atoms with Crippen LogP contribution in [0.25, 0.3) is 0 Å². The van der Waals surface area contributed by atoms with Crippen LogP contribution in [-0.2, 0) is 22.7 Å². The summed E-state index contributed by atoms with van der Waals surface area (Å²) in [4.78, 5) is 14.4. The van der Waals surface area contributed by atoms with Crippen LogP contribution in [0.15, 0.2) is 24.3 Å². The molecule has 1 atom stereocenters. The van der Waals surface area contributed by atoms with E-state index in [9.17, 15) is 4.79 Å². The van der Waals surface area contributed by atoms with E-state index in [4.69, 9.17) is 10.5 Å². The van der Waals surface area contributed by atoms with Crippen LogP contribution in [0, 0.1) is 5.92 Å². The molecule has 1 heterocycles. The van der Waals surface area contributed by atoms with Crippen LogP contribution in [0.3, 0.4) is 0 Å². The molecule has 2 rings (SSSR count). The van der Waals surface area contributed by atoms with Gasteiger partial charge in [0.1, 0.15) is 0 Å². The van der Waals surface area contributed by atoms with E-state index in [-0.39, 0.29) is 11.8 Å². The lowest BCUT2D eigenvalue weighted by molar-refractivity contribution is -0.126. The molecule has 1 amide bonds. The number of hydrogen-bond donors (Lipinski definition) is 2. The fourth-order valence-electron chi connectivity index (χ4n) is 3.00. The van der Waals surface area contributed by atoms with E-state index >= 15 is 0 Å². The van der Waals surface area contributed by atoms with Crippen molar-refractivity contribution in [2.45, 2.75) is 26.0 Å². The second kappa shape index (κ2) is 8.88. The topological polar surface area (TPSA) is 67.6 Å². The Morgan fingerprint density at radius 1 is 1.45 bits per heavy atom. The molecule has 1 unspecified atom stereocenters. The van der Waals surface area contributed by atoms with Gasteiger partial charge in [0.15, 0.2) is 0 Å². The molecule has 122 valence electrons. The monoisotopic (exact) mass is 305 g/mol. The van der Waals surface area contributed by atoms with Gasteiger partial charge < -0.3 is 15.8 Å². The highest BCUT2D eigenvalue weighted by atomic mass is 16.5. The van der Waals surface area contributed by atoms with Gasteiger partial charge in [-0.1, -0.05) is 24.3 Å². The molecule has 0 radical (unpaired) electrons. The maximum Gasteiger partial charge on any atom is 0.224 e. The van der Waals surface area contributed by atoms with Gasteiger partial charge in [-0.15, -0.1) is 0 Å². The van der Waals surface area contributed by atoms with Crippen LogP contribution in [0.4, 0.5) is 0 Å². The molecule has 1 aromatic rings. The Morgan fingerprint density at radius 2 is 2.27 bits per heavy atom. The van der Waals surface area contributed by atoms with Crippen molar-refractivity contribution >= 4 is 5.91 Å². The second-order valence-electron chi connectivity index (χ2n) is 5.91. The van der Waals surface area contributed by atoms with Gasteiger partial charge in [0.2, 0.25) is 5.91 Å². The Morgan fingerprint density at radius 3 is 3.05 bits per heavy atom. The molecule has 1 aliphatic heterocycles. The molecule has 5 nitrogen and oxygen atoms in total. The number of hydrogen-bond acceptors (Lipinski definition) is 4. The summed E-state index contributed by atoms with van der Waals surface area (Å²) in [6.45, 7) is 4.46. The van der Waals surface area contributed by atoms with Crippen molar-refractivity contribution in [3.63, 3.8) is 0 Å². The van der Waals surface area contributed by atoms with E-state index in [2.05, 4.69) is 34.5 Å². The minimum Gasteiger partial charge on any atom is -0.380 e. The Labute approximate surface area is 132 Å². The van der Waals surface area contributed by atoms with Crippen LogP contribution in [0.1, 0.15) is 24.0 Å². The highest BCUT2D eigenvalue weighted by Crippen LogP contribution is 2.19. The maximum atomic E-state index is 12.1. The van der Waals surface area contributed by atoms with Crippen LogP contribution in [0.5, 0.6) is 0 Å². The van der Waals surface area contributed by atoms with Crippen molar-refractivity contribution in [3.8, 4) is 0 Å². The molecule has 3 N–H and O–H groups in total. The first-order chi connectivity index (χ1) is 10.7. The van der Waals surface area contributed by atoms with E-state index in [1.54, 1.807) is 7.11 Å². The summed E-state index contributed by atoms with van der Waals surface area (Å²) in [6, 6.07) is 8.46. The minimum atomic E-state index is 0.0856. The SMILES string of the molecule is COCc1cccc(CN2CCCC(C(=O)NCCN)C2)c1. The van der Waals surface area contributed by atoms with Gasteiger partial charge in [-0.2, -0.15) is 0 Å². The number of nitrogens with one attached hydrogen (secondary N) is 1. The molecule has 1 fully saturated rings. The van der Waals surface area contributed by atoms with Gasteiger partial charge in [-0.25, -0.2) is 0 Å². The predicted molar refractivity (Wildman–Crippen MR) is 87.2 cm³/mol. The standard InChI is InChI=1S/C17H27N3O2/c1-22-13-15-5-2-4-14(10-15)11-20-9-3-6-16(12-20)17(21)19-8-7-18/h2,4-5,10,16H,3,6-9,11-13,18H2,1H3,(H,19,21). The number of benzene rings is 1. The molecule has 5 heteroatoms. The van der Waals surface area contributed by atoms with Crippen molar-refractivity contribution in [1.82, 2.24) is 10.2 Å². The van der Waals surface area contributed by atoms with E-state index in [0.29, 0.717) is 19.7 Å². The van der Waals surface area contributed by atoms with Crippen molar-refractivity contribution < 1.29 is 9.53 Å². The molecule has 1 aromatic carbocycles. The highest BCUT2D eigenvalue weighted by Gasteiger charge is 2.25. The van der Waals surface area contributed by atoms with E-state index in [1.165, 1.54) is 11.1 Å². The summed E-state index contributed by atoms with van der Waals surface area (Å²) in [5, 5.41) is 2.91. The molecule has 0 aromatic heterocycles. The van der Waals surface area contributed by atoms with Crippen molar-refractivity contribution in [1.29, 1.82) is 0 Å². The summed E-state index contributed by atoms with van der Waals surface area (Å²) < 4.78 is 5.18. The van der Waals surface area contributed by atoms with Crippen molar-refractivity contribution in [2.24, 2.45) is 11.7 Å². The fraction of sp³-hybridized carbons (Fsp3) is 0.588. The van der Waals surface area contributed by atoms with Gasteiger partial charge in [-0.05, 0) is 30.5 Å². The summed E-state index contributed by atoms with van der Waals surface area (Å²) >= 11 is 0. The first-order valence-electron chi connectivity index (χ1n) is 8.00. The quantitative estimate of drug-likeness (QED) is 0.792. The minimum absolute atomic E-state index is 0.0856.